The standard InChI is InChI=1S/C40H65N5O8/c1-13-26(7)35(44(10)39(49)34(24(4)5)43-38(48)33(41-9)23(2)3)31(52-11)21-32(46)45-22-25(6)19-30(45)36(53-12)27(8)37(47)42-29(40(50)51)20-28-17-15-14-16-18-28/h14-18,23-24,26-27,29-31,33-36,41H,6,13,19-22H2,1-5,7-12H3,(H,42,47)(H,43,48)(H,50,51)/t26-,27+,29-,30-,31+,33-,34-,35?,36?/m0/s1. The molecule has 1 saturated heterocycles. The summed E-state index contributed by atoms with van der Waals surface area (Å²) in [5.74, 6) is -3.50. The predicted octanol–water partition coefficient (Wildman–Crippen LogP) is 3.27. The van der Waals surface area contributed by atoms with E-state index in [0.717, 1.165) is 11.1 Å². The summed E-state index contributed by atoms with van der Waals surface area (Å²) in [5, 5.41) is 18.6. The molecule has 13 heteroatoms. The number of carbonyl (C=O) groups is 5. The van der Waals surface area contributed by atoms with Crippen LogP contribution in [0.15, 0.2) is 42.5 Å². The smallest absolute Gasteiger partial charge is 0.326 e. The van der Waals surface area contributed by atoms with Crippen LogP contribution in [0.3, 0.4) is 0 Å². The molecule has 0 aromatic heterocycles. The average Bonchev–Trinajstić information content (AvgIpc) is 3.50. The molecular weight excluding hydrogens is 678 g/mol. The van der Waals surface area contributed by atoms with E-state index in [1.165, 1.54) is 14.2 Å². The van der Waals surface area contributed by atoms with E-state index in [2.05, 4.69) is 22.5 Å². The minimum absolute atomic E-state index is 0.0132. The van der Waals surface area contributed by atoms with Gasteiger partial charge in [-0.05, 0) is 36.8 Å². The summed E-state index contributed by atoms with van der Waals surface area (Å²) in [6.45, 7) is 17.7. The van der Waals surface area contributed by atoms with Crippen LogP contribution in [-0.4, -0.2) is 122 Å². The average molecular weight is 744 g/mol. The molecule has 1 aromatic rings. The van der Waals surface area contributed by atoms with Gasteiger partial charge in [0.25, 0.3) is 0 Å². The number of hydrogen-bond donors (Lipinski definition) is 4. The summed E-state index contributed by atoms with van der Waals surface area (Å²) in [4.78, 5) is 70.4. The fourth-order valence-corrected chi connectivity index (χ4v) is 7.35. The molecule has 2 rings (SSSR count). The molecule has 0 spiro atoms. The van der Waals surface area contributed by atoms with Crippen LogP contribution >= 0.6 is 0 Å². The Labute approximate surface area is 316 Å². The van der Waals surface area contributed by atoms with Gasteiger partial charge in [0.1, 0.15) is 12.1 Å². The minimum atomic E-state index is -1.15. The van der Waals surface area contributed by atoms with Gasteiger partial charge in [0.15, 0.2) is 0 Å². The zero-order chi connectivity index (χ0) is 40.2. The predicted molar refractivity (Wildman–Crippen MR) is 205 cm³/mol. The Morgan fingerprint density at radius 3 is 2.04 bits per heavy atom. The molecule has 0 radical (unpaired) electrons. The van der Waals surface area contributed by atoms with Crippen LogP contribution in [0.1, 0.15) is 73.3 Å². The summed E-state index contributed by atoms with van der Waals surface area (Å²) < 4.78 is 11.8. The highest BCUT2D eigenvalue weighted by molar-refractivity contribution is 5.90. The second-order valence-electron chi connectivity index (χ2n) is 15.2. The van der Waals surface area contributed by atoms with Gasteiger partial charge in [0, 0.05) is 34.2 Å². The fourth-order valence-electron chi connectivity index (χ4n) is 7.35. The van der Waals surface area contributed by atoms with Gasteiger partial charge in [-0.1, -0.05) is 97.4 Å². The highest BCUT2D eigenvalue weighted by Gasteiger charge is 2.44. The third kappa shape index (κ3) is 12.1. The number of nitrogens with zero attached hydrogens (tertiary/aromatic N) is 2. The Hall–Kier alpha value is -3.81. The van der Waals surface area contributed by atoms with E-state index in [1.807, 2.05) is 59.7 Å². The van der Waals surface area contributed by atoms with Crippen LogP contribution in [0.25, 0.3) is 0 Å². The number of methoxy groups -OCH3 is 2. The summed E-state index contributed by atoms with van der Waals surface area (Å²) in [6.07, 6.45) is -0.297. The van der Waals surface area contributed by atoms with Gasteiger partial charge in [-0.3, -0.25) is 19.2 Å². The Morgan fingerprint density at radius 1 is 0.943 bits per heavy atom. The number of aliphatic carboxylic acids is 1. The van der Waals surface area contributed by atoms with Gasteiger partial charge in [0.05, 0.1) is 42.7 Å². The van der Waals surface area contributed by atoms with E-state index in [-0.39, 0.29) is 54.9 Å². The second-order valence-corrected chi connectivity index (χ2v) is 15.2. The third-order valence-corrected chi connectivity index (χ3v) is 10.6. The molecule has 0 aliphatic carbocycles. The maximum absolute atomic E-state index is 14.2. The molecule has 1 aliphatic heterocycles. The number of nitrogens with one attached hydrogen (secondary N) is 3. The van der Waals surface area contributed by atoms with Crippen LogP contribution in [0.2, 0.25) is 0 Å². The third-order valence-electron chi connectivity index (χ3n) is 10.6. The van der Waals surface area contributed by atoms with E-state index in [1.54, 1.807) is 43.0 Å². The van der Waals surface area contributed by atoms with E-state index in [9.17, 15) is 29.1 Å². The molecule has 1 fully saturated rings. The molecule has 298 valence electrons. The number of carbonyl (C=O) groups excluding carboxylic acids is 4. The summed E-state index contributed by atoms with van der Waals surface area (Å²) >= 11 is 0. The maximum Gasteiger partial charge on any atom is 0.326 e. The number of benzene rings is 1. The van der Waals surface area contributed by atoms with Crippen LogP contribution in [0, 0.1) is 23.7 Å². The van der Waals surface area contributed by atoms with Gasteiger partial charge in [-0.25, -0.2) is 4.79 Å². The zero-order valence-electron chi connectivity index (χ0n) is 33.7. The number of carboxylic acids is 1. The van der Waals surface area contributed by atoms with Gasteiger partial charge in [-0.2, -0.15) is 0 Å². The number of rotatable bonds is 21. The molecule has 4 amide bonds. The minimum Gasteiger partial charge on any atom is -0.480 e. The first-order chi connectivity index (χ1) is 24.9. The Morgan fingerprint density at radius 2 is 1.55 bits per heavy atom. The lowest BCUT2D eigenvalue weighted by molar-refractivity contribution is -0.148. The summed E-state index contributed by atoms with van der Waals surface area (Å²) in [5.41, 5.74) is 1.57. The van der Waals surface area contributed by atoms with Crippen LogP contribution in [0.4, 0.5) is 0 Å². The van der Waals surface area contributed by atoms with Gasteiger partial charge in [0.2, 0.25) is 23.6 Å². The van der Waals surface area contributed by atoms with Gasteiger partial charge >= 0.3 is 5.97 Å². The molecule has 0 bridgehead atoms. The molecule has 1 heterocycles. The second kappa shape index (κ2) is 21.2. The Kier molecular flexibility index (Phi) is 18.1. The molecule has 53 heavy (non-hydrogen) atoms. The van der Waals surface area contributed by atoms with Crippen LogP contribution < -0.4 is 16.0 Å². The lowest BCUT2D eigenvalue weighted by atomic mass is 9.89. The molecular formula is C40H65N5O8. The molecule has 0 saturated carbocycles. The molecule has 1 aliphatic rings. The fraction of sp³-hybridized carbons (Fsp3) is 0.675. The summed E-state index contributed by atoms with van der Waals surface area (Å²) in [7, 11) is 6.40. The lowest BCUT2D eigenvalue weighted by Crippen LogP contribution is -2.59. The number of amides is 4. The largest absolute Gasteiger partial charge is 0.480 e. The van der Waals surface area contributed by atoms with Gasteiger partial charge in [-0.15, -0.1) is 0 Å². The number of carboxylic acid groups (broad SMARTS) is 1. The van der Waals surface area contributed by atoms with Crippen molar-refractivity contribution in [2.75, 3.05) is 34.9 Å². The van der Waals surface area contributed by atoms with Crippen molar-refractivity contribution >= 4 is 29.6 Å². The van der Waals surface area contributed by atoms with E-state index in [4.69, 9.17) is 9.47 Å². The van der Waals surface area contributed by atoms with Crippen molar-refractivity contribution in [2.24, 2.45) is 23.7 Å². The lowest BCUT2D eigenvalue weighted by Gasteiger charge is -2.41. The van der Waals surface area contributed by atoms with E-state index in [0.29, 0.717) is 12.8 Å². The Bertz CT molecular complexity index is 1390. The summed E-state index contributed by atoms with van der Waals surface area (Å²) in [6, 6.07) is 5.60. The number of hydrogen-bond acceptors (Lipinski definition) is 8. The van der Waals surface area contributed by atoms with Crippen LogP contribution in [-0.2, 0) is 39.9 Å². The number of ether oxygens (including phenoxy) is 2. The van der Waals surface area contributed by atoms with Crippen molar-refractivity contribution in [3.63, 3.8) is 0 Å². The molecule has 13 nitrogen and oxygen atoms in total. The maximum atomic E-state index is 14.2. The first kappa shape index (κ1) is 45.3. The number of likely N-dealkylation sites (N-methyl/N-ethyl adjacent to an activating group) is 2. The molecule has 4 N–H and O–H groups in total. The first-order valence-electron chi connectivity index (χ1n) is 18.8. The monoisotopic (exact) mass is 743 g/mol. The van der Waals surface area contributed by atoms with Crippen molar-refractivity contribution in [3.05, 3.63) is 48.0 Å². The topological polar surface area (TPSA) is 167 Å². The quantitative estimate of drug-likeness (QED) is 0.138. The van der Waals surface area contributed by atoms with E-state index < -0.39 is 60.2 Å². The SMILES string of the molecule is C=C1C[C@@H](C(OC)[C@@H](C)C(=O)N[C@@H](Cc2ccccc2)C(=O)O)N(C(=O)C[C@@H](OC)C([C@@H](C)CC)N(C)C(=O)[C@@H](NC(=O)[C@@H](NC)C(C)C)C(C)C)C1. The van der Waals surface area contributed by atoms with Gasteiger partial charge < -0.3 is 40.3 Å². The first-order valence-corrected chi connectivity index (χ1v) is 18.8. The van der Waals surface area contributed by atoms with Crippen LogP contribution in [0.5, 0.6) is 0 Å². The van der Waals surface area contributed by atoms with E-state index >= 15 is 0 Å². The molecule has 9 atom stereocenters. The normalized spacial score (nSPS) is 19.2. The van der Waals surface area contributed by atoms with Crippen molar-refractivity contribution in [1.29, 1.82) is 0 Å². The van der Waals surface area contributed by atoms with Crippen molar-refractivity contribution in [2.45, 2.75) is 117 Å². The molecule has 1 aromatic carbocycles. The highest BCUT2D eigenvalue weighted by atomic mass is 16.5. The van der Waals surface area contributed by atoms with Crippen molar-refractivity contribution < 1.29 is 38.6 Å². The highest BCUT2D eigenvalue weighted by Crippen LogP contribution is 2.31. The zero-order valence-corrected chi connectivity index (χ0v) is 33.7. The molecule has 2 unspecified atom stereocenters. The van der Waals surface area contributed by atoms with Crippen molar-refractivity contribution in [1.82, 2.24) is 25.8 Å². The van der Waals surface area contributed by atoms with Crippen molar-refractivity contribution in [3.8, 4) is 0 Å². The number of likely N-dealkylation sites (tertiary alicyclic amines) is 1. The Balaban J connectivity index is 2.31.